The molecule has 0 spiro atoms. The molecule has 31 heavy (non-hydrogen) atoms. The molecule has 0 aliphatic carbocycles. The van der Waals surface area contributed by atoms with Crippen LogP contribution in [0.15, 0.2) is 54.7 Å². The van der Waals surface area contributed by atoms with Gasteiger partial charge in [0.15, 0.2) is 0 Å². The minimum atomic E-state index is -4.57. The van der Waals surface area contributed by atoms with Gasteiger partial charge in [0.05, 0.1) is 0 Å². The fourth-order valence-electron chi connectivity index (χ4n) is 3.24. The third-order valence-electron chi connectivity index (χ3n) is 4.97. The van der Waals surface area contributed by atoms with Crippen molar-refractivity contribution in [3.63, 3.8) is 0 Å². The fraction of sp³-hybridized carbons (Fsp3) is 0.333. The van der Waals surface area contributed by atoms with E-state index in [1.807, 2.05) is 43.3 Å². The van der Waals surface area contributed by atoms with Gasteiger partial charge in [0, 0.05) is 17.6 Å². The summed E-state index contributed by atoms with van der Waals surface area (Å²) in [5, 5.41) is 5.88. The van der Waals surface area contributed by atoms with Crippen molar-refractivity contribution in [2.45, 2.75) is 52.1 Å². The van der Waals surface area contributed by atoms with E-state index < -0.39 is 11.7 Å². The van der Waals surface area contributed by atoms with Crippen molar-refractivity contribution < 1.29 is 13.2 Å². The number of nitrogens with zero attached hydrogens (tertiary/aromatic N) is 2. The molecule has 2 aromatic carbocycles. The van der Waals surface area contributed by atoms with E-state index in [0.717, 1.165) is 49.4 Å². The van der Waals surface area contributed by atoms with Crippen LogP contribution in [0.2, 0.25) is 0 Å². The fourth-order valence-corrected chi connectivity index (χ4v) is 3.24. The number of hydrogen-bond acceptors (Lipinski definition) is 4. The van der Waals surface area contributed by atoms with Gasteiger partial charge in [-0.1, -0.05) is 62.1 Å². The number of para-hydroxylation sites is 1. The van der Waals surface area contributed by atoms with E-state index in [2.05, 4.69) is 27.5 Å². The molecule has 2 N–H and O–H groups in total. The highest BCUT2D eigenvalue weighted by atomic mass is 19.4. The molecule has 1 aromatic heterocycles. The van der Waals surface area contributed by atoms with Crippen molar-refractivity contribution in [3.8, 4) is 0 Å². The minimum Gasteiger partial charge on any atom is -0.339 e. The lowest BCUT2D eigenvalue weighted by atomic mass is 10.0. The Balaban J connectivity index is 1.87. The topological polar surface area (TPSA) is 49.8 Å². The van der Waals surface area contributed by atoms with Crippen LogP contribution < -0.4 is 10.6 Å². The summed E-state index contributed by atoms with van der Waals surface area (Å²) >= 11 is 0. The second-order valence-electron chi connectivity index (χ2n) is 7.54. The molecule has 1 heterocycles. The van der Waals surface area contributed by atoms with Crippen molar-refractivity contribution in [2.75, 3.05) is 10.6 Å². The van der Waals surface area contributed by atoms with Crippen molar-refractivity contribution in [1.82, 2.24) is 9.97 Å². The van der Waals surface area contributed by atoms with Gasteiger partial charge in [-0.3, -0.25) is 0 Å². The number of hydrogen-bond donors (Lipinski definition) is 2. The lowest BCUT2D eigenvalue weighted by molar-refractivity contribution is -0.137. The molecular weight excluding hydrogens is 401 g/mol. The van der Waals surface area contributed by atoms with Crippen LogP contribution in [0.3, 0.4) is 0 Å². The predicted octanol–water partition coefficient (Wildman–Crippen LogP) is 7.41. The van der Waals surface area contributed by atoms with E-state index in [4.69, 9.17) is 0 Å². The smallest absolute Gasteiger partial charge is 0.339 e. The summed E-state index contributed by atoms with van der Waals surface area (Å²) in [7, 11) is 0. The molecule has 0 radical (unpaired) electrons. The first kappa shape index (κ1) is 22.6. The Bertz CT molecular complexity index is 985. The highest BCUT2D eigenvalue weighted by Gasteiger charge is 2.35. The average Bonchev–Trinajstić information content (AvgIpc) is 2.73. The van der Waals surface area contributed by atoms with Gasteiger partial charge in [-0.25, -0.2) is 4.98 Å². The Morgan fingerprint density at radius 3 is 2.35 bits per heavy atom. The maximum atomic E-state index is 13.6. The Hall–Kier alpha value is -3.09. The molecule has 0 saturated heterocycles. The molecule has 7 heteroatoms. The third-order valence-corrected chi connectivity index (χ3v) is 4.97. The molecular formula is C24H27F3N4. The number of benzene rings is 2. The molecule has 0 unspecified atom stereocenters. The first-order valence-corrected chi connectivity index (χ1v) is 10.5. The van der Waals surface area contributed by atoms with E-state index in [9.17, 15) is 13.2 Å². The predicted molar refractivity (Wildman–Crippen MR) is 119 cm³/mol. The molecule has 0 aliphatic heterocycles. The number of anilines is 4. The zero-order valence-electron chi connectivity index (χ0n) is 17.8. The number of alkyl halides is 3. The largest absolute Gasteiger partial charge is 0.421 e. The number of unbranched alkanes of at least 4 members (excludes halogenated alkanes) is 3. The molecule has 3 aromatic rings. The van der Waals surface area contributed by atoms with Gasteiger partial charge in [-0.05, 0) is 43.5 Å². The summed E-state index contributed by atoms with van der Waals surface area (Å²) in [6.07, 6.45) is 1.40. The molecule has 4 nitrogen and oxygen atoms in total. The van der Waals surface area contributed by atoms with E-state index in [1.54, 1.807) is 12.1 Å². The number of halogens is 3. The lowest BCUT2D eigenvalue weighted by Crippen LogP contribution is -2.13. The second-order valence-corrected chi connectivity index (χ2v) is 7.54. The first-order valence-electron chi connectivity index (χ1n) is 10.5. The lowest BCUT2D eigenvalue weighted by Gasteiger charge is -2.17. The summed E-state index contributed by atoms with van der Waals surface area (Å²) in [6, 6.07) is 14.9. The SMILES string of the molecule is CCCCCCc1ccccc1Nc1nc(Nc2ccc(C)cc2)ncc1C(F)(F)F. The quantitative estimate of drug-likeness (QED) is 0.348. The average molecular weight is 429 g/mol. The molecule has 164 valence electrons. The van der Waals surface area contributed by atoms with Crippen LogP contribution in [-0.2, 0) is 12.6 Å². The second kappa shape index (κ2) is 10.3. The van der Waals surface area contributed by atoms with Crippen LogP contribution in [0.25, 0.3) is 0 Å². The molecule has 0 fully saturated rings. The zero-order valence-corrected chi connectivity index (χ0v) is 17.8. The number of aryl methyl sites for hydroxylation is 2. The standard InChI is InChI=1S/C24H27F3N4/c1-3-4-5-6-9-18-10-7-8-11-21(18)30-22-20(24(25,26)27)16-28-23(31-22)29-19-14-12-17(2)13-15-19/h7-8,10-16H,3-6,9H2,1-2H3,(H2,28,29,30,31). The molecule has 0 saturated carbocycles. The number of aromatic nitrogens is 2. The van der Waals surface area contributed by atoms with Gasteiger partial charge in [0.1, 0.15) is 11.4 Å². The summed E-state index contributed by atoms with van der Waals surface area (Å²) in [5.74, 6) is -0.169. The monoisotopic (exact) mass is 428 g/mol. The van der Waals surface area contributed by atoms with E-state index in [0.29, 0.717) is 11.4 Å². The maximum Gasteiger partial charge on any atom is 0.421 e. The maximum absolute atomic E-state index is 13.6. The van der Waals surface area contributed by atoms with Gasteiger partial charge < -0.3 is 10.6 Å². The Kier molecular flexibility index (Phi) is 7.50. The Morgan fingerprint density at radius 1 is 0.903 bits per heavy atom. The van der Waals surface area contributed by atoms with E-state index in [1.165, 1.54) is 0 Å². The minimum absolute atomic E-state index is 0.0970. The third kappa shape index (κ3) is 6.44. The van der Waals surface area contributed by atoms with Crippen molar-refractivity contribution in [3.05, 3.63) is 71.4 Å². The van der Waals surface area contributed by atoms with Crippen LogP contribution in [-0.4, -0.2) is 9.97 Å². The summed E-state index contributed by atoms with van der Waals surface area (Å²) in [4.78, 5) is 8.03. The van der Waals surface area contributed by atoms with Gasteiger partial charge in [-0.2, -0.15) is 18.2 Å². The summed E-state index contributed by atoms with van der Waals surface area (Å²) in [6.45, 7) is 4.10. The van der Waals surface area contributed by atoms with Gasteiger partial charge >= 0.3 is 6.18 Å². The van der Waals surface area contributed by atoms with Crippen LogP contribution >= 0.6 is 0 Å². The highest BCUT2D eigenvalue weighted by molar-refractivity contribution is 5.65. The van der Waals surface area contributed by atoms with Crippen LogP contribution in [0, 0.1) is 6.92 Å². The Morgan fingerprint density at radius 2 is 1.65 bits per heavy atom. The Labute approximate surface area is 181 Å². The van der Waals surface area contributed by atoms with Gasteiger partial charge in [-0.15, -0.1) is 0 Å². The summed E-state index contributed by atoms with van der Waals surface area (Å²) < 4.78 is 40.8. The summed E-state index contributed by atoms with van der Waals surface area (Å²) in [5.41, 5.74) is 2.48. The number of nitrogens with one attached hydrogen (secondary N) is 2. The van der Waals surface area contributed by atoms with Gasteiger partial charge in [0.25, 0.3) is 0 Å². The normalized spacial score (nSPS) is 11.4. The van der Waals surface area contributed by atoms with Crippen molar-refractivity contribution in [1.29, 1.82) is 0 Å². The van der Waals surface area contributed by atoms with Crippen molar-refractivity contribution in [2.24, 2.45) is 0 Å². The molecule has 3 rings (SSSR count). The molecule has 0 atom stereocenters. The highest BCUT2D eigenvalue weighted by Crippen LogP contribution is 2.36. The first-order chi connectivity index (χ1) is 14.9. The zero-order chi connectivity index (χ0) is 22.3. The van der Waals surface area contributed by atoms with Crippen LogP contribution in [0.1, 0.15) is 49.3 Å². The van der Waals surface area contributed by atoms with E-state index in [-0.39, 0.29) is 11.8 Å². The molecule has 0 aliphatic rings. The molecule has 0 bridgehead atoms. The molecule has 0 amide bonds. The number of rotatable bonds is 9. The van der Waals surface area contributed by atoms with Gasteiger partial charge in [0.2, 0.25) is 5.95 Å². The van der Waals surface area contributed by atoms with Crippen molar-refractivity contribution >= 4 is 23.1 Å². The van der Waals surface area contributed by atoms with Crippen LogP contribution in [0.5, 0.6) is 0 Å². The van der Waals surface area contributed by atoms with E-state index >= 15 is 0 Å². The van der Waals surface area contributed by atoms with Crippen LogP contribution in [0.4, 0.5) is 36.3 Å².